The van der Waals surface area contributed by atoms with Gasteiger partial charge in [0.1, 0.15) is 0 Å². The molecule has 6 nitrogen and oxygen atoms in total. The van der Waals surface area contributed by atoms with Crippen LogP contribution in [-0.4, -0.2) is 36.0 Å². The fraction of sp³-hybridized carbons (Fsp3) is 0.238. The van der Waals surface area contributed by atoms with Gasteiger partial charge >= 0.3 is 0 Å². The first-order valence-electron chi connectivity index (χ1n) is 8.66. The van der Waals surface area contributed by atoms with Gasteiger partial charge in [0.2, 0.25) is 10.9 Å². The summed E-state index contributed by atoms with van der Waals surface area (Å²) in [5.41, 5.74) is 2.35. The van der Waals surface area contributed by atoms with Crippen LogP contribution in [-0.2, 0) is 6.54 Å². The summed E-state index contributed by atoms with van der Waals surface area (Å²) in [7, 11) is 4.73. The molecule has 1 unspecified atom stereocenters. The molecule has 1 atom stereocenters. The summed E-state index contributed by atoms with van der Waals surface area (Å²) >= 11 is 4.06. The van der Waals surface area contributed by atoms with Crippen molar-refractivity contribution >= 4 is 17.7 Å². The van der Waals surface area contributed by atoms with Gasteiger partial charge in [-0.3, -0.25) is 4.79 Å². The molecule has 3 rings (SSSR count). The SMILES string of the molecule is COc1cc(C(Cn2ccnc2)c2ccccc2C(=O)S)cc(OC)c1OC. The Balaban J connectivity index is 2.19. The molecule has 0 aliphatic carbocycles. The molecule has 28 heavy (non-hydrogen) atoms. The molecule has 146 valence electrons. The molecule has 0 aliphatic heterocycles. The van der Waals surface area contributed by atoms with E-state index < -0.39 is 0 Å². The van der Waals surface area contributed by atoms with Crippen molar-refractivity contribution < 1.29 is 19.0 Å². The number of hydrogen-bond donors (Lipinski definition) is 1. The summed E-state index contributed by atoms with van der Waals surface area (Å²) < 4.78 is 18.4. The highest BCUT2D eigenvalue weighted by Gasteiger charge is 2.24. The average Bonchev–Trinajstić information content (AvgIpc) is 3.24. The third kappa shape index (κ3) is 3.99. The van der Waals surface area contributed by atoms with Crippen molar-refractivity contribution in [3.63, 3.8) is 0 Å². The maximum atomic E-state index is 12.1. The number of nitrogens with zero attached hydrogens (tertiary/aromatic N) is 2. The zero-order valence-corrected chi connectivity index (χ0v) is 16.8. The highest BCUT2D eigenvalue weighted by molar-refractivity contribution is 7.97. The van der Waals surface area contributed by atoms with Gasteiger partial charge in [-0.15, -0.1) is 12.6 Å². The third-order valence-corrected chi connectivity index (χ3v) is 4.85. The van der Waals surface area contributed by atoms with Crippen LogP contribution in [0.15, 0.2) is 55.1 Å². The number of thiol groups is 1. The Kier molecular flexibility index (Phi) is 6.26. The van der Waals surface area contributed by atoms with E-state index in [0.29, 0.717) is 29.4 Å². The van der Waals surface area contributed by atoms with Crippen molar-refractivity contribution in [3.8, 4) is 17.2 Å². The molecule has 2 aromatic carbocycles. The number of methoxy groups -OCH3 is 3. The lowest BCUT2D eigenvalue weighted by Crippen LogP contribution is -2.13. The molecule has 0 N–H and O–H groups in total. The Morgan fingerprint density at radius 3 is 2.32 bits per heavy atom. The van der Waals surface area contributed by atoms with Gasteiger partial charge in [-0.25, -0.2) is 4.98 Å². The average molecular weight is 398 g/mol. The fourth-order valence-electron chi connectivity index (χ4n) is 3.29. The van der Waals surface area contributed by atoms with Crippen molar-refractivity contribution in [2.75, 3.05) is 21.3 Å². The Labute approximate surface area is 169 Å². The van der Waals surface area contributed by atoms with E-state index >= 15 is 0 Å². The van der Waals surface area contributed by atoms with E-state index in [1.54, 1.807) is 39.9 Å². The van der Waals surface area contributed by atoms with E-state index in [1.807, 2.05) is 41.1 Å². The number of aromatic nitrogens is 2. The molecule has 0 radical (unpaired) electrons. The topological polar surface area (TPSA) is 62.6 Å². The zero-order chi connectivity index (χ0) is 20.1. The van der Waals surface area contributed by atoms with Crippen molar-refractivity contribution in [1.82, 2.24) is 9.55 Å². The molecule has 1 heterocycles. The third-order valence-electron chi connectivity index (χ3n) is 4.61. The van der Waals surface area contributed by atoms with Crippen LogP contribution >= 0.6 is 12.6 Å². The molecule has 0 amide bonds. The summed E-state index contributed by atoms with van der Waals surface area (Å²) in [6.45, 7) is 0.580. The monoisotopic (exact) mass is 398 g/mol. The van der Waals surface area contributed by atoms with E-state index in [9.17, 15) is 4.79 Å². The molecule has 0 spiro atoms. The van der Waals surface area contributed by atoms with E-state index in [2.05, 4.69) is 17.6 Å². The van der Waals surface area contributed by atoms with Crippen molar-refractivity contribution in [1.29, 1.82) is 0 Å². The number of carbonyl (C=O) groups is 1. The van der Waals surface area contributed by atoms with Crippen molar-refractivity contribution in [3.05, 3.63) is 71.8 Å². The summed E-state index contributed by atoms with van der Waals surface area (Å²) in [4.78, 5) is 16.3. The highest BCUT2D eigenvalue weighted by atomic mass is 32.1. The minimum Gasteiger partial charge on any atom is -0.493 e. The summed E-state index contributed by atoms with van der Waals surface area (Å²) in [6.07, 6.45) is 5.36. The first-order chi connectivity index (χ1) is 13.6. The Bertz CT molecular complexity index is 932. The largest absolute Gasteiger partial charge is 0.493 e. The van der Waals surface area contributed by atoms with Gasteiger partial charge in [0, 0.05) is 30.4 Å². The van der Waals surface area contributed by atoms with Crippen LogP contribution in [0, 0.1) is 0 Å². The van der Waals surface area contributed by atoms with E-state index in [0.717, 1.165) is 11.1 Å². The van der Waals surface area contributed by atoms with Crippen LogP contribution in [0.25, 0.3) is 0 Å². The number of rotatable bonds is 8. The van der Waals surface area contributed by atoms with Gasteiger partial charge in [0.15, 0.2) is 11.5 Å². The van der Waals surface area contributed by atoms with Gasteiger partial charge in [-0.2, -0.15) is 0 Å². The molecule has 0 fully saturated rings. The van der Waals surface area contributed by atoms with Crippen molar-refractivity contribution in [2.45, 2.75) is 12.5 Å². The van der Waals surface area contributed by atoms with Crippen molar-refractivity contribution in [2.24, 2.45) is 0 Å². The molecule has 7 heteroatoms. The van der Waals surface area contributed by atoms with Gasteiger partial charge < -0.3 is 18.8 Å². The maximum absolute atomic E-state index is 12.1. The molecule has 1 aromatic heterocycles. The lowest BCUT2D eigenvalue weighted by molar-refractivity contribution is 0.109. The molecule has 0 bridgehead atoms. The number of imidazole rings is 1. The second-order valence-corrected chi connectivity index (χ2v) is 6.57. The summed E-state index contributed by atoms with van der Waals surface area (Å²) in [5.74, 6) is 1.48. The minimum atomic E-state index is -0.279. The second kappa shape index (κ2) is 8.84. The molecular formula is C21H22N2O4S. The Hall–Kier alpha value is -2.93. The quantitative estimate of drug-likeness (QED) is 0.585. The van der Waals surface area contributed by atoms with Gasteiger partial charge in [0.05, 0.1) is 27.7 Å². The zero-order valence-electron chi connectivity index (χ0n) is 16.0. The second-order valence-electron chi connectivity index (χ2n) is 6.16. The van der Waals surface area contributed by atoms with Gasteiger partial charge in [-0.05, 0) is 23.3 Å². The number of hydrogen-bond acceptors (Lipinski definition) is 5. The molecule has 3 aromatic rings. The highest BCUT2D eigenvalue weighted by Crippen LogP contribution is 2.42. The molecule has 0 aliphatic rings. The Morgan fingerprint density at radius 1 is 1.11 bits per heavy atom. The lowest BCUT2D eigenvalue weighted by atomic mass is 9.87. The predicted octanol–water partition coefficient (Wildman–Crippen LogP) is 3.81. The normalized spacial score (nSPS) is 11.7. The minimum absolute atomic E-state index is 0.157. The van der Waals surface area contributed by atoms with Crippen LogP contribution in [0.4, 0.5) is 0 Å². The van der Waals surface area contributed by atoms with Crippen LogP contribution in [0.5, 0.6) is 17.2 Å². The maximum Gasteiger partial charge on any atom is 0.216 e. The van der Waals surface area contributed by atoms with Crippen LogP contribution in [0.2, 0.25) is 0 Å². The molecule has 0 saturated heterocycles. The number of carbonyl (C=O) groups excluding carboxylic acids is 1. The Morgan fingerprint density at radius 2 is 1.79 bits per heavy atom. The van der Waals surface area contributed by atoms with Gasteiger partial charge in [-0.1, -0.05) is 24.3 Å². The summed E-state index contributed by atoms with van der Waals surface area (Å²) in [6, 6.07) is 11.3. The van der Waals surface area contributed by atoms with Crippen LogP contribution in [0.3, 0.4) is 0 Å². The number of ether oxygens (including phenoxy) is 3. The first kappa shape index (κ1) is 19.8. The molecular weight excluding hydrogens is 376 g/mol. The first-order valence-corrected chi connectivity index (χ1v) is 9.11. The number of benzene rings is 2. The fourth-order valence-corrected chi connectivity index (χ4v) is 3.49. The lowest BCUT2D eigenvalue weighted by Gasteiger charge is -2.23. The van der Waals surface area contributed by atoms with E-state index in [1.165, 1.54) is 0 Å². The van der Waals surface area contributed by atoms with Crippen LogP contribution < -0.4 is 14.2 Å². The van der Waals surface area contributed by atoms with Gasteiger partial charge in [0.25, 0.3) is 0 Å². The van der Waals surface area contributed by atoms with E-state index in [-0.39, 0.29) is 11.0 Å². The van der Waals surface area contributed by atoms with Crippen LogP contribution in [0.1, 0.15) is 27.4 Å². The smallest absolute Gasteiger partial charge is 0.216 e. The standard InChI is InChI=1S/C21H22N2O4S/c1-25-18-10-14(11-19(26-2)20(18)27-3)17(12-23-9-8-22-13-23)15-6-4-5-7-16(15)21(24)28/h4-11,13,17H,12H2,1-3H3,(H,24,28). The summed E-state index contributed by atoms with van der Waals surface area (Å²) in [5, 5.41) is -0.279. The predicted molar refractivity (Wildman–Crippen MR) is 110 cm³/mol. The molecule has 0 saturated carbocycles. The van der Waals surface area contributed by atoms with E-state index in [4.69, 9.17) is 14.2 Å².